The molecule has 2 aromatic heterocycles. The molecule has 154 valence electrons. The van der Waals surface area contributed by atoms with E-state index in [1.807, 2.05) is 48.5 Å². The fourth-order valence-corrected chi connectivity index (χ4v) is 3.65. The summed E-state index contributed by atoms with van der Waals surface area (Å²) in [5.41, 5.74) is 4.59. The summed E-state index contributed by atoms with van der Waals surface area (Å²) >= 11 is 0. The second kappa shape index (κ2) is 8.00. The zero-order valence-corrected chi connectivity index (χ0v) is 16.8. The Labute approximate surface area is 182 Å². The lowest BCUT2D eigenvalue weighted by Crippen LogP contribution is -2.37. The van der Waals surface area contributed by atoms with E-state index in [2.05, 4.69) is 21.1 Å². The van der Waals surface area contributed by atoms with Crippen molar-refractivity contribution < 1.29 is 13.5 Å². The van der Waals surface area contributed by atoms with Crippen LogP contribution in [0.15, 0.2) is 79.1 Å². The molecule has 0 spiro atoms. The van der Waals surface area contributed by atoms with Crippen LogP contribution < -0.4 is 4.68 Å². The highest BCUT2D eigenvalue weighted by molar-refractivity contribution is 5.77. The second-order valence-corrected chi connectivity index (χ2v) is 7.31. The molecule has 1 N–H and O–H groups in total. The van der Waals surface area contributed by atoms with Crippen molar-refractivity contribution in [2.45, 2.75) is 6.54 Å². The molecule has 0 bridgehead atoms. The smallest absolute Gasteiger partial charge is 0.222 e. The summed E-state index contributed by atoms with van der Waals surface area (Å²) in [7, 11) is 0. The normalized spacial score (nSPS) is 10.9. The SMILES string of the molecule is N#Cc1cc(C[n+]2cc3[nH]c(-c4cccc(F)c4F)nc3cn2)ccc1-c1ccccc1. The molecule has 5 aromatic rings. The van der Waals surface area contributed by atoms with Gasteiger partial charge in [0, 0.05) is 5.56 Å². The number of nitriles is 1. The Balaban J connectivity index is 1.46. The molecule has 0 saturated heterocycles. The molecule has 32 heavy (non-hydrogen) atoms. The van der Waals surface area contributed by atoms with Gasteiger partial charge in [-0.3, -0.25) is 0 Å². The van der Waals surface area contributed by atoms with Crippen LogP contribution in [0.3, 0.4) is 0 Å². The zero-order chi connectivity index (χ0) is 22.1. The van der Waals surface area contributed by atoms with Crippen LogP contribution in [-0.2, 0) is 6.54 Å². The summed E-state index contributed by atoms with van der Waals surface area (Å²) in [5, 5.41) is 14.0. The van der Waals surface area contributed by atoms with E-state index in [1.165, 1.54) is 12.1 Å². The summed E-state index contributed by atoms with van der Waals surface area (Å²) in [6.07, 6.45) is 3.32. The van der Waals surface area contributed by atoms with Crippen LogP contribution in [0, 0.1) is 23.0 Å². The molecule has 5 rings (SSSR count). The van der Waals surface area contributed by atoms with E-state index < -0.39 is 11.6 Å². The van der Waals surface area contributed by atoms with Crippen LogP contribution >= 0.6 is 0 Å². The molecule has 0 aliphatic carbocycles. The largest absolute Gasteiger partial charge is 0.333 e. The summed E-state index contributed by atoms with van der Waals surface area (Å²) in [4.78, 5) is 7.35. The third kappa shape index (κ3) is 3.59. The maximum atomic E-state index is 14.1. The number of benzene rings is 3. The molecule has 0 aliphatic heterocycles. The molecule has 2 heterocycles. The number of hydrogen-bond donors (Lipinski definition) is 1. The molecule has 0 amide bonds. The molecule has 5 nitrogen and oxygen atoms in total. The molecular weight excluding hydrogens is 408 g/mol. The topological polar surface area (TPSA) is 69.2 Å². The molecule has 7 heteroatoms. The number of H-pyrrole nitrogens is 1. The Hall–Kier alpha value is -4.44. The Kier molecular flexibility index (Phi) is 4.88. The number of rotatable bonds is 4. The first-order chi connectivity index (χ1) is 15.6. The Morgan fingerprint density at radius 2 is 1.81 bits per heavy atom. The van der Waals surface area contributed by atoms with E-state index in [4.69, 9.17) is 0 Å². The van der Waals surface area contributed by atoms with Crippen molar-refractivity contribution in [1.29, 1.82) is 5.26 Å². The Morgan fingerprint density at radius 3 is 2.62 bits per heavy atom. The summed E-state index contributed by atoms with van der Waals surface area (Å²) in [6.45, 7) is 0.433. The van der Waals surface area contributed by atoms with Crippen molar-refractivity contribution in [2.75, 3.05) is 0 Å². The minimum Gasteiger partial charge on any atom is -0.333 e. The van der Waals surface area contributed by atoms with Crippen molar-refractivity contribution in [3.05, 3.63) is 102 Å². The van der Waals surface area contributed by atoms with E-state index >= 15 is 0 Å². The van der Waals surface area contributed by atoms with Gasteiger partial charge in [0.25, 0.3) is 0 Å². The van der Waals surface area contributed by atoms with Gasteiger partial charge in [-0.1, -0.05) is 53.2 Å². The molecule has 0 unspecified atom stereocenters. The monoisotopic (exact) mass is 424 g/mol. The quantitative estimate of drug-likeness (QED) is 0.422. The van der Waals surface area contributed by atoms with Crippen molar-refractivity contribution in [2.24, 2.45) is 0 Å². The minimum absolute atomic E-state index is 0.0583. The predicted molar refractivity (Wildman–Crippen MR) is 115 cm³/mol. The first kappa shape index (κ1) is 19.5. The lowest BCUT2D eigenvalue weighted by atomic mass is 9.98. The summed E-state index contributed by atoms with van der Waals surface area (Å²) in [6, 6.07) is 21.7. The van der Waals surface area contributed by atoms with Gasteiger partial charge in [0.05, 0.1) is 17.2 Å². The highest BCUT2D eigenvalue weighted by Gasteiger charge is 2.16. The van der Waals surface area contributed by atoms with E-state index in [0.29, 0.717) is 23.1 Å². The number of nitrogens with one attached hydrogen (secondary N) is 1. The average Bonchev–Trinajstić information content (AvgIpc) is 3.24. The van der Waals surface area contributed by atoms with Crippen molar-refractivity contribution >= 4 is 11.0 Å². The minimum atomic E-state index is -0.949. The lowest BCUT2D eigenvalue weighted by Gasteiger charge is -2.05. The summed E-state index contributed by atoms with van der Waals surface area (Å²) in [5.74, 6) is -1.64. The van der Waals surface area contributed by atoms with E-state index in [-0.39, 0.29) is 11.4 Å². The molecule has 0 radical (unpaired) electrons. The molecule has 0 atom stereocenters. The average molecular weight is 424 g/mol. The van der Waals surface area contributed by atoms with Crippen LogP contribution in [-0.4, -0.2) is 15.1 Å². The number of aromatic nitrogens is 4. The number of nitrogens with zero attached hydrogens (tertiary/aromatic N) is 4. The highest BCUT2D eigenvalue weighted by Crippen LogP contribution is 2.25. The Bertz CT molecular complexity index is 1490. The number of aromatic amines is 1. The van der Waals surface area contributed by atoms with Gasteiger partial charge in [-0.05, 0) is 34.4 Å². The van der Waals surface area contributed by atoms with Gasteiger partial charge in [0.1, 0.15) is 23.1 Å². The standard InChI is InChI=1S/C25H15F2N5/c26-21-8-4-7-20(24(21)27)25-30-22-13-29-32(15-23(22)31-25)14-16-9-10-19(18(11-16)12-28)17-5-2-1-3-6-17/h1-11,13,15H,14H2/p+1. The van der Waals surface area contributed by atoms with Gasteiger partial charge in [0.15, 0.2) is 18.2 Å². The first-order valence-corrected chi connectivity index (χ1v) is 9.91. The maximum absolute atomic E-state index is 14.1. The number of hydrogen-bond acceptors (Lipinski definition) is 3. The number of halogens is 2. The predicted octanol–water partition coefficient (Wildman–Crippen LogP) is 4.78. The van der Waals surface area contributed by atoms with E-state index in [1.54, 1.807) is 17.1 Å². The van der Waals surface area contributed by atoms with Gasteiger partial charge >= 0.3 is 0 Å². The maximum Gasteiger partial charge on any atom is 0.222 e. The van der Waals surface area contributed by atoms with Gasteiger partial charge in [0.2, 0.25) is 6.20 Å². The molecule has 0 saturated carbocycles. The molecular formula is C25H16F2N5+. The van der Waals surface area contributed by atoms with Crippen LogP contribution in [0.2, 0.25) is 0 Å². The molecule has 0 fully saturated rings. The number of imidazole rings is 1. The van der Waals surface area contributed by atoms with Gasteiger partial charge < -0.3 is 4.98 Å². The van der Waals surface area contributed by atoms with Gasteiger partial charge in [-0.15, -0.1) is 0 Å². The second-order valence-electron chi connectivity index (χ2n) is 7.31. The fourth-order valence-electron chi connectivity index (χ4n) is 3.65. The zero-order valence-electron chi connectivity index (χ0n) is 16.8. The van der Waals surface area contributed by atoms with Crippen molar-refractivity contribution in [1.82, 2.24) is 15.1 Å². The molecule has 0 aliphatic rings. The Morgan fingerprint density at radius 1 is 0.969 bits per heavy atom. The lowest BCUT2D eigenvalue weighted by molar-refractivity contribution is -0.745. The van der Waals surface area contributed by atoms with Crippen LogP contribution in [0.25, 0.3) is 33.5 Å². The molecule has 3 aromatic carbocycles. The van der Waals surface area contributed by atoms with Crippen LogP contribution in [0.1, 0.15) is 11.1 Å². The highest BCUT2D eigenvalue weighted by atomic mass is 19.2. The van der Waals surface area contributed by atoms with Gasteiger partial charge in [-0.25, -0.2) is 13.8 Å². The number of fused-ring (bicyclic) bond motifs is 1. The van der Waals surface area contributed by atoms with Crippen LogP contribution in [0.5, 0.6) is 0 Å². The third-order valence-corrected chi connectivity index (χ3v) is 5.21. The first-order valence-electron chi connectivity index (χ1n) is 9.91. The van der Waals surface area contributed by atoms with Crippen molar-refractivity contribution in [3.63, 3.8) is 0 Å². The third-order valence-electron chi connectivity index (χ3n) is 5.21. The van der Waals surface area contributed by atoms with E-state index in [0.717, 1.165) is 22.8 Å². The van der Waals surface area contributed by atoms with Gasteiger partial charge in [-0.2, -0.15) is 5.26 Å². The van der Waals surface area contributed by atoms with Crippen LogP contribution in [0.4, 0.5) is 8.78 Å². The van der Waals surface area contributed by atoms with E-state index in [9.17, 15) is 14.0 Å². The fraction of sp³-hybridized carbons (Fsp3) is 0.0400. The van der Waals surface area contributed by atoms with Crippen molar-refractivity contribution in [3.8, 4) is 28.6 Å². The summed E-state index contributed by atoms with van der Waals surface area (Å²) < 4.78 is 29.4.